The summed E-state index contributed by atoms with van der Waals surface area (Å²) in [7, 11) is 1.73. The number of hydrogen-bond acceptors (Lipinski definition) is 5. The van der Waals surface area contributed by atoms with Crippen LogP contribution < -0.4 is 14.8 Å². The number of nitrogens with one attached hydrogen (secondary N) is 1. The van der Waals surface area contributed by atoms with Gasteiger partial charge in [-0.1, -0.05) is 162 Å². The first-order valence-corrected chi connectivity index (χ1v) is 21.9. The van der Waals surface area contributed by atoms with Crippen molar-refractivity contribution < 1.29 is 24.5 Å². The maximum atomic E-state index is 13.7. The van der Waals surface area contributed by atoms with E-state index >= 15 is 0 Å². The van der Waals surface area contributed by atoms with Crippen molar-refractivity contribution in [3.05, 3.63) is 151 Å². The number of hydrogen-bond donors (Lipinski definition) is 3. The van der Waals surface area contributed by atoms with Gasteiger partial charge in [-0.05, 0) is 101 Å². The first kappa shape index (κ1) is 45.3. The fourth-order valence-corrected chi connectivity index (χ4v) is 8.34. The van der Waals surface area contributed by atoms with Crippen molar-refractivity contribution in [1.29, 1.82) is 0 Å². The third-order valence-corrected chi connectivity index (χ3v) is 12.2. The number of rotatable bonds is 6. The predicted molar refractivity (Wildman–Crippen MR) is 250 cm³/mol. The van der Waals surface area contributed by atoms with E-state index in [0.29, 0.717) is 31.4 Å². The summed E-state index contributed by atoms with van der Waals surface area (Å²) in [4.78, 5) is 13.7. The van der Waals surface area contributed by atoms with Gasteiger partial charge in [-0.15, -0.1) is 0 Å². The van der Waals surface area contributed by atoms with Gasteiger partial charge in [0.05, 0.1) is 13.2 Å². The molecule has 0 aromatic heterocycles. The highest BCUT2D eigenvalue weighted by atomic mass is 16.5. The van der Waals surface area contributed by atoms with Crippen LogP contribution in [0, 0.1) is 0 Å². The SMILES string of the molecule is COc1c2cc(C(C)(C)C)cc1Cc1cc(C(C)(C)C)cc(c1OCC(=O)N[C@H](C)c1ccccc1)Cc1cc(C(C)(C)C)cc(c1O)Cc1cc(C(C)(C)C)cc(c1O)C2. The molecule has 0 saturated heterocycles. The summed E-state index contributed by atoms with van der Waals surface area (Å²) in [6, 6.07) is 27.1. The van der Waals surface area contributed by atoms with Crippen LogP contribution in [0.25, 0.3) is 0 Å². The summed E-state index contributed by atoms with van der Waals surface area (Å²) in [5, 5.41) is 27.7. The Morgan fingerprint density at radius 1 is 0.541 bits per heavy atom. The molecule has 0 radical (unpaired) electrons. The third kappa shape index (κ3) is 10.3. The van der Waals surface area contributed by atoms with Gasteiger partial charge < -0.3 is 25.0 Å². The topological polar surface area (TPSA) is 88.0 Å². The second-order valence-corrected chi connectivity index (χ2v) is 21.4. The molecule has 0 fully saturated rings. The zero-order valence-electron chi connectivity index (χ0n) is 39.2. The lowest BCUT2D eigenvalue weighted by Gasteiger charge is -2.28. The summed E-state index contributed by atoms with van der Waals surface area (Å²) in [5.74, 6) is 1.62. The molecular weight excluding hydrogens is 755 g/mol. The smallest absolute Gasteiger partial charge is 0.258 e. The van der Waals surface area contributed by atoms with Gasteiger partial charge in [-0.2, -0.15) is 0 Å². The largest absolute Gasteiger partial charge is 0.507 e. The highest BCUT2D eigenvalue weighted by molar-refractivity contribution is 5.78. The van der Waals surface area contributed by atoms with Crippen LogP contribution in [0.15, 0.2) is 78.9 Å². The molecule has 324 valence electrons. The Morgan fingerprint density at radius 3 is 1.20 bits per heavy atom. The fraction of sp³-hybridized carbons (Fsp3) is 0.436. The van der Waals surface area contributed by atoms with E-state index in [2.05, 4.69) is 137 Å². The van der Waals surface area contributed by atoms with Gasteiger partial charge in [0.1, 0.15) is 23.0 Å². The number of carbonyl (C=O) groups is 1. The molecule has 5 aromatic rings. The lowest BCUT2D eigenvalue weighted by Crippen LogP contribution is -2.31. The van der Waals surface area contributed by atoms with E-state index < -0.39 is 0 Å². The molecule has 0 saturated carbocycles. The number of phenols is 2. The second kappa shape index (κ2) is 16.9. The van der Waals surface area contributed by atoms with Crippen LogP contribution in [-0.2, 0) is 52.1 Å². The molecule has 6 nitrogen and oxygen atoms in total. The number of fused-ring (bicyclic) bond motifs is 8. The van der Waals surface area contributed by atoms with Crippen molar-refractivity contribution in [1.82, 2.24) is 5.32 Å². The van der Waals surface area contributed by atoms with Crippen molar-refractivity contribution in [2.75, 3.05) is 13.7 Å². The molecule has 0 heterocycles. The quantitative estimate of drug-likeness (QED) is 0.156. The van der Waals surface area contributed by atoms with E-state index in [0.717, 1.165) is 78.1 Å². The summed E-state index contributed by atoms with van der Waals surface area (Å²) in [6.45, 7) is 28.2. The Labute approximate surface area is 365 Å². The molecule has 6 rings (SSSR count). The van der Waals surface area contributed by atoms with E-state index in [4.69, 9.17) is 9.47 Å². The monoisotopic (exact) mass is 824 g/mol. The minimum Gasteiger partial charge on any atom is -0.507 e. The minimum absolute atomic E-state index is 0.181. The first-order chi connectivity index (χ1) is 28.3. The number of benzene rings is 5. The number of phenolic OH excluding ortho intramolecular Hbond substituents is 2. The summed E-state index contributed by atoms with van der Waals surface area (Å²) < 4.78 is 13.1. The summed E-state index contributed by atoms with van der Waals surface area (Å²) in [5.41, 5.74) is 11.5. The summed E-state index contributed by atoms with van der Waals surface area (Å²) >= 11 is 0. The van der Waals surface area contributed by atoms with Crippen LogP contribution in [-0.4, -0.2) is 29.8 Å². The molecule has 3 N–H and O–H groups in total. The third-order valence-electron chi connectivity index (χ3n) is 12.2. The Bertz CT molecular complexity index is 2420. The van der Waals surface area contributed by atoms with Crippen LogP contribution in [0.4, 0.5) is 0 Å². The Balaban J connectivity index is 1.64. The highest BCUT2D eigenvalue weighted by Crippen LogP contribution is 2.43. The van der Waals surface area contributed by atoms with Crippen LogP contribution in [0.2, 0.25) is 0 Å². The van der Waals surface area contributed by atoms with Crippen molar-refractivity contribution in [2.45, 2.75) is 143 Å². The Hall–Kier alpha value is -5.23. The van der Waals surface area contributed by atoms with Crippen molar-refractivity contribution in [2.24, 2.45) is 0 Å². The minimum atomic E-state index is -0.228. The maximum absolute atomic E-state index is 13.7. The first-order valence-electron chi connectivity index (χ1n) is 21.9. The maximum Gasteiger partial charge on any atom is 0.258 e. The molecule has 0 unspecified atom stereocenters. The number of methoxy groups -OCH3 is 1. The summed E-state index contributed by atoms with van der Waals surface area (Å²) in [6.07, 6.45) is 1.61. The Kier molecular flexibility index (Phi) is 12.6. The van der Waals surface area contributed by atoms with Gasteiger partial charge in [0.15, 0.2) is 6.61 Å². The van der Waals surface area contributed by atoms with Crippen LogP contribution in [0.5, 0.6) is 23.0 Å². The van der Waals surface area contributed by atoms with E-state index in [-0.39, 0.29) is 51.7 Å². The zero-order valence-corrected chi connectivity index (χ0v) is 39.2. The lowest BCUT2D eigenvalue weighted by molar-refractivity contribution is -0.123. The van der Waals surface area contributed by atoms with Crippen molar-refractivity contribution in [3.8, 4) is 23.0 Å². The van der Waals surface area contributed by atoms with Gasteiger partial charge in [-0.25, -0.2) is 0 Å². The Morgan fingerprint density at radius 2 is 0.852 bits per heavy atom. The number of aromatic hydroxyl groups is 2. The van der Waals surface area contributed by atoms with Gasteiger partial charge >= 0.3 is 0 Å². The molecule has 61 heavy (non-hydrogen) atoms. The molecular formula is C55H69NO5. The van der Waals surface area contributed by atoms with Crippen molar-refractivity contribution >= 4 is 5.91 Å². The molecule has 1 amide bonds. The van der Waals surface area contributed by atoms with Gasteiger partial charge in [-0.3, -0.25) is 4.79 Å². The normalized spacial score (nSPS) is 14.0. The molecule has 6 heteroatoms. The van der Waals surface area contributed by atoms with E-state index in [1.54, 1.807) is 7.11 Å². The standard InChI is InChI=1S/C55H69NO5/c1-33(34-18-16-15-17-19-34)56-47(57)32-61-51-41-22-38-27-44(53(5,6)7)25-36(49(38)59)20-35-24-43(52(2,3)4)26-37(48(35)58)21-39-28-45(54(8,9)10)29-40(50(39)60-14)23-42(51)31-46(30-41)55(11,12)13/h15-19,24-31,33,58-59H,20-23,32H2,1-14H3,(H,56,57)/t33-/m1/s1. The predicted octanol–water partition coefficient (Wildman–Crippen LogP) is 12.2. The van der Waals surface area contributed by atoms with E-state index in [1.807, 2.05) is 37.3 Å². The van der Waals surface area contributed by atoms with Gasteiger partial charge in [0, 0.05) is 25.7 Å². The van der Waals surface area contributed by atoms with Crippen LogP contribution in [0.1, 0.15) is 168 Å². The van der Waals surface area contributed by atoms with E-state index in [9.17, 15) is 15.0 Å². The molecule has 0 spiro atoms. The number of carbonyl (C=O) groups excluding carboxylic acids is 1. The molecule has 1 atom stereocenters. The number of ether oxygens (including phenoxy) is 2. The zero-order chi connectivity index (χ0) is 44.8. The van der Waals surface area contributed by atoms with Crippen LogP contribution >= 0.6 is 0 Å². The molecule has 1 aliphatic rings. The lowest BCUT2D eigenvalue weighted by atomic mass is 9.79. The van der Waals surface area contributed by atoms with E-state index in [1.165, 1.54) is 0 Å². The fourth-order valence-electron chi connectivity index (χ4n) is 8.34. The molecule has 8 bridgehead atoms. The highest BCUT2D eigenvalue weighted by Gasteiger charge is 2.28. The van der Waals surface area contributed by atoms with Crippen molar-refractivity contribution in [3.63, 3.8) is 0 Å². The molecule has 0 aliphatic heterocycles. The average Bonchev–Trinajstić information content (AvgIpc) is 3.15. The van der Waals surface area contributed by atoms with Gasteiger partial charge in [0.25, 0.3) is 5.91 Å². The molecule has 1 aliphatic carbocycles. The second-order valence-electron chi connectivity index (χ2n) is 21.4. The molecule has 5 aromatic carbocycles. The number of amides is 1. The van der Waals surface area contributed by atoms with Crippen LogP contribution in [0.3, 0.4) is 0 Å². The average molecular weight is 824 g/mol. The van der Waals surface area contributed by atoms with Gasteiger partial charge in [0.2, 0.25) is 0 Å².